The second kappa shape index (κ2) is 6.79. The maximum Gasteiger partial charge on any atom is 0.317 e. The second-order valence-corrected chi connectivity index (χ2v) is 5.47. The molecule has 0 atom stereocenters. The maximum absolute atomic E-state index is 12.3. The lowest BCUT2D eigenvalue weighted by molar-refractivity contribution is -0.143. The lowest BCUT2D eigenvalue weighted by Crippen LogP contribution is -2.09. The number of esters is 1. The highest BCUT2D eigenvalue weighted by atomic mass is 16.5. The minimum Gasteiger partial charge on any atom is -0.497 e. The summed E-state index contributed by atoms with van der Waals surface area (Å²) in [6.45, 7) is 2.20. The Morgan fingerprint density at radius 3 is 1.58 bits per heavy atom. The van der Waals surface area contributed by atoms with Crippen LogP contribution in [-0.4, -0.2) is 26.8 Å². The van der Waals surface area contributed by atoms with Crippen LogP contribution in [0.5, 0.6) is 11.5 Å². The number of benzene rings is 2. The summed E-state index contributed by atoms with van der Waals surface area (Å²) in [4.78, 5) is 12.3. The van der Waals surface area contributed by atoms with Gasteiger partial charge in [0.15, 0.2) is 0 Å². The predicted molar refractivity (Wildman–Crippen MR) is 92.9 cm³/mol. The summed E-state index contributed by atoms with van der Waals surface area (Å²) in [6.07, 6.45) is 0. The Hall–Kier alpha value is -2.75. The molecule has 0 amide bonds. The van der Waals surface area contributed by atoms with Gasteiger partial charge in [-0.2, -0.15) is 0 Å². The first-order valence-corrected chi connectivity index (χ1v) is 7.89. The fourth-order valence-electron chi connectivity index (χ4n) is 2.87. The predicted octanol–water partition coefficient (Wildman–Crippen LogP) is 3.81. The Balaban J connectivity index is 1.95. The maximum atomic E-state index is 12.3. The van der Waals surface area contributed by atoms with Gasteiger partial charge in [0.05, 0.1) is 20.8 Å². The first kappa shape index (κ1) is 16.1. The van der Waals surface area contributed by atoms with Crippen molar-refractivity contribution < 1.29 is 19.0 Å². The third-order valence-corrected chi connectivity index (χ3v) is 4.11. The van der Waals surface area contributed by atoms with Crippen molar-refractivity contribution in [3.8, 4) is 11.5 Å². The molecule has 0 aliphatic heterocycles. The molecule has 2 aromatic carbocycles. The van der Waals surface area contributed by atoms with E-state index in [1.807, 2.05) is 55.5 Å². The molecule has 0 saturated heterocycles. The summed E-state index contributed by atoms with van der Waals surface area (Å²) < 4.78 is 15.6. The van der Waals surface area contributed by atoms with E-state index in [4.69, 9.17) is 14.2 Å². The highest BCUT2D eigenvalue weighted by Gasteiger charge is 2.44. The van der Waals surface area contributed by atoms with E-state index in [0.29, 0.717) is 6.61 Å². The van der Waals surface area contributed by atoms with Gasteiger partial charge in [-0.15, -0.1) is 0 Å². The number of hydrogen-bond acceptors (Lipinski definition) is 4. The van der Waals surface area contributed by atoms with Crippen LogP contribution in [0.3, 0.4) is 0 Å². The standard InChI is InChI=1S/C20H20O4/c1-4-24-20(21)19-17(13-5-9-15(22-2)10-6-13)18(19)14-7-11-16(23-3)12-8-14/h5-12,19H,4H2,1-3H3. The van der Waals surface area contributed by atoms with E-state index in [2.05, 4.69) is 0 Å². The van der Waals surface area contributed by atoms with Crippen LogP contribution in [0.25, 0.3) is 11.1 Å². The molecule has 1 aliphatic carbocycles. The Kier molecular flexibility index (Phi) is 4.56. The molecule has 24 heavy (non-hydrogen) atoms. The van der Waals surface area contributed by atoms with Crippen molar-refractivity contribution in [2.75, 3.05) is 20.8 Å². The molecule has 0 aromatic heterocycles. The van der Waals surface area contributed by atoms with Gasteiger partial charge in [0.1, 0.15) is 17.4 Å². The van der Waals surface area contributed by atoms with E-state index >= 15 is 0 Å². The normalized spacial score (nSPS) is 13.6. The highest BCUT2D eigenvalue weighted by Crippen LogP contribution is 2.54. The number of hydrogen-bond donors (Lipinski definition) is 0. The first-order valence-electron chi connectivity index (χ1n) is 7.89. The van der Waals surface area contributed by atoms with Crippen molar-refractivity contribution in [3.05, 3.63) is 59.7 Å². The lowest BCUT2D eigenvalue weighted by Gasteiger charge is -2.04. The van der Waals surface area contributed by atoms with E-state index in [1.54, 1.807) is 14.2 Å². The molecule has 0 heterocycles. The number of rotatable bonds is 6. The molecule has 0 unspecified atom stereocenters. The molecular weight excluding hydrogens is 304 g/mol. The van der Waals surface area contributed by atoms with Crippen LogP contribution >= 0.6 is 0 Å². The molecule has 0 spiro atoms. The van der Waals surface area contributed by atoms with E-state index in [-0.39, 0.29) is 11.9 Å². The van der Waals surface area contributed by atoms with Gasteiger partial charge in [-0.1, -0.05) is 24.3 Å². The molecule has 0 fully saturated rings. The van der Waals surface area contributed by atoms with Crippen molar-refractivity contribution in [1.82, 2.24) is 0 Å². The summed E-state index contributed by atoms with van der Waals surface area (Å²) in [5.41, 5.74) is 4.06. The van der Waals surface area contributed by atoms with E-state index in [9.17, 15) is 4.79 Å². The van der Waals surface area contributed by atoms with Crippen molar-refractivity contribution >= 4 is 17.1 Å². The zero-order valence-electron chi connectivity index (χ0n) is 14.0. The number of carbonyl (C=O) groups excluding carboxylic acids is 1. The van der Waals surface area contributed by atoms with Crippen LogP contribution in [0.15, 0.2) is 48.5 Å². The lowest BCUT2D eigenvalue weighted by atomic mass is 10.1. The van der Waals surface area contributed by atoms with Gasteiger partial charge in [-0.05, 0) is 53.5 Å². The third-order valence-electron chi connectivity index (χ3n) is 4.11. The summed E-state index contributed by atoms with van der Waals surface area (Å²) in [5.74, 6) is 1.08. The van der Waals surface area contributed by atoms with Crippen LogP contribution in [0.2, 0.25) is 0 Å². The molecule has 0 radical (unpaired) electrons. The fraction of sp³-hybridized carbons (Fsp3) is 0.250. The van der Waals surface area contributed by atoms with Crippen LogP contribution < -0.4 is 9.47 Å². The fourth-order valence-corrected chi connectivity index (χ4v) is 2.87. The molecule has 2 aromatic rings. The molecule has 0 saturated carbocycles. The number of ether oxygens (including phenoxy) is 3. The molecule has 3 rings (SSSR count). The average Bonchev–Trinajstić information content (AvgIpc) is 3.38. The van der Waals surface area contributed by atoms with Crippen molar-refractivity contribution in [3.63, 3.8) is 0 Å². The minimum absolute atomic E-state index is 0.200. The molecule has 1 aliphatic rings. The molecular formula is C20H20O4. The monoisotopic (exact) mass is 324 g/mol. The van der Waals surface area contributed by atoms with Crippen molar-refractivity contribution in [1.29, 1.82) is 0 Å². The van der Waals surface area contributed by atoms with E-state index < -0.39 is 0 Å². The Labute approximate surface area is 141 Å². The molecule has 4 heteroatoms. The average molecular weight is 324 g/mol. The van der Waals surface area contributed by atoms with E-state index in [0.717, 1.165) is 33.8 Å². The Morgan fingerprint density at radius 1 is 0.833 bits per heavy atom. The van der Waals surface area contributed by atoms with Gasteiger partial charge in [-0.3, -0.25) is 4.79 Å². The second-order valence-electron chi connectivity index (χ2n) is 5.47. The Morgan fingerprint density at radius 2 is 1.25 bits per heavy atom. The molecule has 0 bridgehead atoms. The van der Waals surface area contributed by atoms with Crippen molar-refractivity contribution in [2.45, 2.75) is 6.92 Å². The zero-order chi connectivity index (χ0) is 17.1. The topological polar surface area (TPSA) is 44.8 Å². The third kappa shape index (κ3) is 3.00. The largest absolute Gasteiger partial charge is 0.497 e. The summed E-state index contributed by atoms with van der Waals surface area (Å²) in [7, 11) is 3.27. The van der Waals surface area contributed by atoms with Crippen LogP contribution in [0, 0.1) is 5.92 Å². The van der Waals surface area contributed by atoms with Gasteiger partial charge < -0.3 is 14.2 Å². The highest BCUT2D eigenvalue weighted by molar-refractivity contribution is 6.22. The van der Waals surface area contributed by atoms with Crippen LogP contribution in [-0.2, 0) is 9.53 Å². The first-order chi connectivity index (χ1) is 11.7. The Bertz CT molecular complexity index is 700. The van der Waals surface area contributed by atoms with Gasteiger partial charge >= 0.3 is 5.97 Å². The molecule has 124 valence electrons. The number of carbonyl (C=O) groups is 1. The molecule has 0 N–H and O–H groups in total. The summed E-state index contributed by atoms with van der Waals surface area (Å²) in [5, 5.41) is 0. The van der Waals surface area contributed by atoms with Gasteiger partial charge in [0, 0.05) is 0 Å². The van der Waals surface area contributed by atoms with Crippen molar-refractivity contribution in [2.24, 2.45) is 5.92 Å². The summed E-state index contributed by atoms with van der Waals surface area (Å²) >= 11 is 0. The van der Waals surface area contributed by atoms with Crippen LogP contribution in [0.4, 0.5) is 0 Å². The summed E-state index contributed by atoms with van der Waals surface area (Å²) in [6, 6.07) is 15.5. The van der Waals surface area contributed by atoms with Gasteiger partial charge in [0.25, 0.3) is 0 Å². The van der Waals surface area contributed by atoms with Gasteiger partial charge in [-0.25, -0.2) is 0 Å². The zero-order valence-corrected chi connectivity index (χ0v) is 14.0. The quantitative estimate of drug-likeness (QED) is 0.758. The van der Waals surface area contributed by atoms with Crippen LogP contribution in [0.1, 0.15) is 18.1 Å². The van der Waals surface area contributed by atoms with E-state index in [1.165, 1.54) is 0 Å². The van der Waals surface area contributed by atoms with Gasteiger partial charge in [0.2, 0.25) is 0 Å². The minimum atomic E-state index is -0.299. The number of methoxy groups -OCH3 is 2. The smallest absolute Gasteiger partial charge is 0.317 e. The SMILES string of the molecule is CCOC(=O)C1C(c2ccc(OC)cc2)=C1c1ccc(OC)cc1. The molecule has 4 nitrogen and oxygen atoms in total.